The molecule has 0 nitrogen and oxygen atoms in total. The Labute approximate surface area is 70.8 Å². The van der Waals surface area contributed by atoms with Crippen LogP contribution in [0.15, 0.2) is 24.3 Å². The Balaban J connectivity index is 2.76. The monoisotopic (exact) mass is 166 g/mol. The molecule has 0 aliphatic carbocycles. The molecule has 0 spiro atoms. The Morgan fingerprint density at radius 3 is 2.27 bits per heavy atom. The first-order valence-corrected chi connectivity index (χ1v) is 5.74. The highest BCUT2D eigenvalue weighted by molar-refractivity contribution is 8.05. The summed E-state index contributed by atoms with van der Waals surface area (Å²) in [5.74, 6) is 1.04. The van der Waals surface area contributed by atoms with Crippen molar-refractivity contribution in [2.45, 2.75) is 12.7 Å². The fourth-order valence-corrected chi connectivity index (χ4v) is 1.77. The largest absolute Gasteiger partial charge is 0.203 e. The molecule has 1 aromatic carbocycles. The zero-order valence-electron chi connectivity index (χ0n) is 7.04. The van der Waals surface area contributed by atoms with Crippen LogP contribution in [-0.4, -0.2) is 6.26 Å². The minimum absolute atomic E-state index is 0.286. The maximum absolute atomic E-state index is 5.73. The molecule has 1 heteroatoms. The Morgan fingerprint density at radius 1 is 1.27 bits per heavy atom. The average Bonchev–Trinajstić information content (AvgIpc) is 1.93. The Kier molecular flexibility index (Phi) is 2.81. The van der Waals surface area contributed by atoms with Crippen LogP contribution in [0.5, 0.6) is 0 Å². The van der Waals surface area contributed by atoms with Crippen LogP contribution in [0.1, 0.15) is 11.1 Å². The number of aryl methyl sites for hydroxylation is 1. The van der Waals surface area contributed by atoms with Crippen LogP contribution < -0.4 is 0 Å². The predicted octanol–water partition coefficient (Wildman–Crippen LogP) is 2.72. The van der Waals surface area contributed by atoms with Gasteiger partial charge in [-0.2, -0.15) is 0 Å². The minimum atomic E-state index is -0.286. The lowest BCUT2D eigenvalue weighted by Gasteiger charge is -1.99. The summed E-state index contributed by atoms with van der Waals surface area (Å²) in [6.45, 7) is 2.10. The van der Waals surface area contributed by atoms with E-state index in [9.17, 15) is 0 Å². The van der Waals surface area contributed by atoms with Crippen molar-refractivity contribution in [2.75, 3.05) is 6.26 Å². The Bertz CT molecular complexity index is 287. The molecule has 0 radical (unpaired) electrons. The van der Waals surface area contributed by atoms with Crippen LogP contribution in [0.4, 0.5) is 0 Å². The summed E-state index contributed by atoms with van der Waals surface area (Å²) in [6.07, 6.45) is 2.09. The highest BCUT2D eigenvalue weighted by atomic mass is 32.2. The highest BCUT2D eigenvalue weighted by Gasteiger charge is 1.89. The van der Waals surface area contributed by atoms with E-state index in [1.54, 1.807) is 0 Å². The summed E-state index contributed by atoms with van der Waals surface area (Å²) in [4.78, 5) is 0. The van der Waals surface area contributed by atoms with Crippen LogP contribution in [0.2, 0.25) is 0 Å². The van der Waals surface area contributed by atoms with Crippen LogP contribution >= 0.6 is 10.3 Å². The molecule has 1 atom stereocenters. The van der Waals surface area contributed by atoms with E-state index in [0.717, 1.165) is 5.75 Å². The van der Waals surface area contributed by atoms with Crippen LogP contribution in [-0.2, 0) is 5.75 Å². The molecular weight excluding hydrogens is 152 g/mol. The second-order valence-corrected chi connectivity index (χ2v) is 4.73. The lowest BCUT2D eigenvalue weighted by molar-refractivity contribution is 1.37. The molecule has 0 amide bonds. The molecule has 0 saturated heterocycles. The van der Waals surface area contributed by atoms with E-state index < -0.39 is 0 Å². The topological polar surface area (TPSA) is 0 Å². The standard InChI is InChI=1S/C10H14S/c1-9-4-6-10(7-5-9)8-11(2)3/h2,4-7,11H,8H2,1,3H3. The van der Waals surface area contributed by atoms with E-state index in [1.807, 2.05) is 0 Å². The first-order valence-electron chi connectivity index (χ1n) is 3.70. The van der Waals surface area contributed by atoms with E-state index >= 15 is 0 Å². The second-order valence-electron chi connectivity index (χ2n) is 2.90. The molecule has 60 valence electrons. The van der Waals surface area contributed by atoms with Gasteiger partial charge in [-0.25, -0.2) is 10.3 Å². The quantitative estimate of drug-likeness (QED) is 0.609. The SMILES string of the molecule is C#[SH](C)Cc1ccc(C)cc1. The molecule has 0 saturated carbocycles. The molecule has 0 aliphatic rings. The molecule has 1 rings (SSSR count). The van der Waals surface area contributed by atoms with Gasteiger partial charge in [-0.1, -0.05) is 29.8 Å². The van der Waals surface area contributed by atoms with Crippen molar-refractivity contribution >= 4 is 10.3 Å². The summed E-state index contributed by atoms with van der Waals surface area (Å²) in [5.41, 5.74) is 8.39. The molecule has 0 N–H and O–H groups in total. The first kappa shape index (κ1) is 8.45. The van der Waals surface area contributed by atoms with Gasteiger partial charge in [0.05, 0.1) is 0 Å². The highest BCUT2D eigenvalue weighted by Crippen LogP contribution is 2.12. The summed E-state index contributed by atoms with van der Waals surface area (Å²) in [6, 6.07) is 8.57. The van der Waals surface area contributed by atoms with Crippen LogP contribution in [0.25, 0.3) is 0 Å². The number of benzene rings is 1. The summed E-state index contributed by atoms with van der Waals surface area (Å²) in [5, 5.41) is 0. The normalized spacial score (nSPS) is 12.8. The van der Waals surface area contributed by atoms with Crippen molar-refractivity contribution in [3.63, 3.8) is 0 Å². The van der Waals surface area contributed by atoms with Crippen molar-refractivity contribution < 1.29 is 0 Å². The van der Waals surface area contributed by atoms with Gasteiger partial charge in [-0.3, -0.25) is 0 Å². The number of rotatable bonds is 1. The maximum atomic E-state index is 5.73. The first-order chi connectivity index (χ1) is 5.18. The minimum Gasteiger partial charge on any atom is -0.203 e. The summed E-state index contributed by atoms with van der Waals surface area (Å²) >= 11 is 0. The Hall–Kier alpha value is -0.650. The zero-order chi connectivity index (χ0) is 8.27. The van der Waals surface area contributed by atoms with Crippen molar-refractivity contribution in [3.05, 3.63) is 35.4 Å². The third-order valence-corrected chi connectivity index (χ3v) is 2.42. The van der Waals surface area contributed by atoms with E-state index in [0.29, 0.717) is 0 Å². The number of hydrogen-bond acceptors (Lipinski definition) is 0. The van der Waals surface area contributed by atoms with E-state index in [2.05, 4.69) is 37.4 Å². The molecule has 0 aromatic heterocycles. The van der Waals surface area contributed by atoms with Gasteiger partial charge in [0, 0.05) is 5.75 Å². The summed E-state index contributed by atoms with van der Waals surface area (Å²) < 4.78 is 0. The molecular formula is C10H14S. The predicted molar refractivity (Wildman–Crippen MR) is 54.7 cm³/mol. The fraction of sp³-hybridized carbons (Fsp3) is 0.300. The van der Waals surface area contributed by atoms with Crippen molar-refractivity contribution in [1.82, 2.24) is 0 Å². The van der Waals surface area contributed by atoms with Gasteiger partial charge >= 0.3 is 0 Å². The fourth-order valence-electron chi connectivity index (χ4n) is 0.981. The molecule has 0 aliphatic heterocycles. The van der Waals surface area contributed by atoms with Gasteiger partial charge in [0.25, 0.3) is 0 Å². The lowest BCUT2D eigenvalue weighted by Crippen LogP contribution is -1.79. The van der Waals surface area contributed by atoms with Gasteiger partial charge in [0.15, 0.2) is 0 Å². The van der Waals surface area contributed by atoms with Crippen LogP contribution in [0, 0.1) is 12.6 Å². The molecule has 1 aromatic rings. The molecule has 1 unspecified atom stereocenters. The molecule has 11 heavy (non-hydrogen) atoms. The zero-order valence-corrected chi connectivity index (χ0v) is 7.94. The summed E-state index contributed by atoms with van der Waals surface area (Å²) in [7, 11) is -0.286. The van der Waals surface area contributed by atoms with Crippen molar-refractivity contribution in [1.29, 1.82) is 0 Å². The molecule has 0 fully saturated rings. The van der Waals surface area contributed by atoms with E-state index in [4.69, 9.17) is 5.69 Å². The number of hydrogen-bond donors (Lipinski definition) is 1. The lowest BCUT2D eigenvalue weighted by atomic mass is 10.2. The van der Waals surface area contributed by atoms with E-state index in [1.165, 1.54) is 11.1 Å². The van der Waals surface area contributed by atoms with Gasteiger partial charge in [-0.15, -0.1) is 5.69 Å². The third kappa shape index (κ3) is 2.83. The second kappa shape index (κ2) is 3.66. The third-order valence-electron chi connectivity index (χ3n) is 1.55. The van der Waals surface area contributed by atoms with Gasteiger partial charge in [-0.05, 0) is 18.7 Å². The van der Waals surface area contributed by atoms with Gasteiger partial charge < -0.3 is 0 Å². The maximum Gasteiger partial charge on any atom is 0.00879 e. The smallest absolute Gasteiger partial charge is 0.00879 e. The Morgan fingerprint density at radius 2 is 1.82 bits per heavy atom. The average molecular weight is 166 g/mol. The van der Waals surface area contributed by atoms with Gasteiger partial charge in [0.1, 0.15) is 0 Å². The van der Waals surface area contributed by atoms with E-state index in [-0.39, 0.29) is 10.3 Å². The van der Waals surface area contributed by atoms with Crippen molar-refractivity contribution in [3.8, 4) is 5.69 Å². The molecule has 0 bridgehead atoms. The van der Waals surface area contributed by atoms with Gasteiger partial charge in [0.2, 0.25) is 0 Å². The van der Waals surface area contributed by atoms with Crippen LogP contribution in [0.3, 0.4) is 0 Å². The molecule has 0 heterocycles. The number of thiol groups is 1. The van der Waals surface area contributed by atoms with Crippen molar-refractivity contribution in [2.24, 2.45) is 0 Å².